The third kappa shape index (κ3) is 3.69. The van der Waals surface area contributed by atoms with E-state index in [0.29, 0.717) is 43.1 Å². The molecule has 6 nitrogen and oxygen atoms in total. The number of ether oxygens (including phenoxy) is 2. The van der Waals surface area contributed by atoms with Crippen LogP contribution in [0.25, 0.3) is 0 Å². The lowest BCUT2D eigenvalue weighted by atomic mass is 9.90. The average Bonchev–Trinajstić information content (AvgIpc) is 2.59. The smallest absolute Gasteiger partial charge is 0.308 e. The van der Waals surface area contributed by atoms with Crippen molar-refractivity contribution >= 4 is 11.9 Å². The molecule has 6 heteroatoms. The first-order valence-corrected chi connectivity index (χ1v) is 7.95. The maximum absolute atomic E-state index is 12.8. The molecule has 130 valence electrons. The van der Waals surface area contributed by atoms with Gasteiger partial charge in [-0.15, -0.1) is 0 Å². The van der Waals surface area contributed by atoms with E-state index in [1.807, 2.05) is 0 Å². The first kappa shape index (κ1) is 17.8. The number of methoxy groups -OCH3 is 1. The quantitative estimate of drug-likeness (QED) is 0.810. The highest BCUT2D eigenvalue weighted by Crippen LogP contribution is 2.30. The lowest BCUT2D eigenvalue weighted by Gasteiger charge is -2.37. The maximum Gasteiger partial charge on any atom is 0.308 e. The molecule has 2 rings (SSSR count). The fraction of sp³-hybridized carbons (Fsp3) is 0.444. The Morgan fingerprint density at radius 1 is 1.42 bits per heavy atom. The fourth-order valence-corrected chi connectivity index (χ4v) is 2.99. The van der Waals surface area contributed by atoms with Gasteiger partial charge in [-0.25, -0.2) is 0 Å². The molecule has 0 saturated carbocycles. The Labute approximate surface area is 141 Å². The van der Waals surface area contributed by atoms with Crippen molar-refractivity contribution in [1.82, 2.24) is 4.90 Å². The molecule has 1 N–H and O–H groups in total. The van der Waals surface area contributed by atoms with Gasteiger partial charge in [0.2, 0.25) is 0 Å². The molecule has 0 aliphatic carbocycles. The number of hydrogen-bond acceptors (Lipinski definition) is 4. The number of rotatable bonds is 6. The average molecular weight is 333 g/mol. The first-order chi connectivity index (χ1) is 11.5. The van der Waals surface area contributed by atoms with Gasteiger partial charge in [-0.05, 0) is 38.0 Å². The number of carbonyl (C=O) groups excluding carboxylic acids is 1. The van der Waals surface area contributed by atoms with E-state index in [4.69, 9.17) is 9.47 Å². The van der Waals surface area contributed by atoms with Gasteiger partial charge < -0.3 is 19.5 Å². The van der Waals surface area contributed by atoms with Crippen molar-refractivity contribution < 1.29 is 24.2 Å². The minimum absolute atomic E-state index is 0.193. The van der Waals surface area contributed by atoms with Gasteiger partial charge in [0, 0.05) is 18.2 Å². The summed E-state index contributed by atoms with van der Waals surface area (Å²) in [6, 6.07) is 4.63. The molecule has 1 aliphatic rings. The molecule has 1 heterocycles. The summed E-state index contributed by atoms with van der Waals surface area (Å²) in [6.07, 6.45) is 2.91. The topological polar surface area (TPSA) is 76.1 Å². The molecule has 0 bridgehead atoms. The summed E-state index contributed by atoms with van der Waals surface area (Å²) in [5.74, 6) is -0.584. The van der Waals surface area contributed by atoms with Crippen LogP contribution in [0.15, 0.2) is 30.9 Å². The van der Waals surface area contributed by atoms with Crippen molar-refractivity contribution in [1.29, 1.82) is 0 Å². The second kappa shape index (κ2) is 7.86. The van der Waals surface area contributed by atoms with Gasteiger partial charge in [-0.3, -0.25) is 9.59 Å². The molecule has 0 aromatic heterocycles. The van der Waals surface area contributed by atoms with E-state index in [9.17, 15) is 14.7 Å². The van der Waals surface area contributed by atoms with E-state index in [1.54, 1.807) is 36.1 Å². The highest BCUT2D eigenvalue weighted by Gasteiger charge is 2.35. The standard InChI is InChI=1S/C18H23NO5/c1-4-10-24-15-8-7-13(11-16(15)23-3)17(20)19-9-5-6-14(12(19)2)18(21)22/h4,7-8,11-12,14H,1,5-6,9-10H2,2-3H3,(H,21,22)/t12-,14-/m0/s1. The van der Waals surface area contributed by atoms with Crippen molar-refractivity contribution in [2.45, 2.75) is 25.8 Å². The molecule has 1 amide bonds. The normalized spacial score (nSPS) is 20.3. The molecule has 2 atom stereocenters. The number of likely N-dealkylation sites (tertiary alicyclic amines) is 1. The number of piperidine rings is 1. The van der Waals surface area contributed by atoms with Crippen LogP contribution in [0.3, 0.4) is 0 Å². The third-order valence-corrected chi connectivity index (χ3v) is 4.33. The number of carboxylic acid groups (broad SMARTS) is 1. The van der Waals surface area contributed by atoms with Gasteiger partial charge in [-0.2, -0.15) is 0 Å². The second-order valence-electron chi connectivity index (χ2n) is 5.79. The predicted molar refractivity (Wildman–Crippen MR) is 89.5 cm³/mol. The maximum atomic E-state index is 12.8. The summed E-state index contributed by atoms with van der Waals surface area (Å²) in [5, 5.41) is 9.30. The highest BCUT2D eigenvalue weighted by atomic mass is 16.5. The van der Waals surface area contributed by atoms with Crippen molar-refractivity contribution in [3.05, 3.63) is 36.4 Å². The number of carbonyl (C=O) groups is 2. The monoisotopic (exact) mass is 333 g/mol. The number of amides is 1. The van der Waals surface area contributed by atoms with Crippen LogP contribution in [0.1, 0.15) is 30.1 Å². The molecule has 1 fully saturated rings. The largest absolute Gasteiger partial charge is 0.493 e. The van der Waals surface area contributed by atoms with E-state index >= 15 is 0 Å². The van der Waals surface area contributed by atoms with Gasteiger partial charge in [0.15, 0.2) is 11.5 Å². The first-order valence-electron chi connectivity index (χ1n) is 7.95. The summed E-state index contributed by atoms with van der Waals surface area (Å²) < 4.78 is 10.8. The van der Waals surface area contributed by atoms with Crippen LogP contribution < -0.4 is 9.47 Å². The van der Waals surface area contributed by atoms with E-state index in [2.05, 4.69) is 6.58 Å². The molecule has 24 heavy (non-hydrogen) atoms. The van der Waals surface area contributed by atoms with Crippen LogP contribution in [0.5, 0.6) is 11.5 Å². The molecule has 1 aliphatic heterocycles. The van der Waals surface area contributed by atoms with Gasteiger partial charge in [-0.1, -0.05) is 12.7 Å². The van der Waals surface area contributed by atoms with Crippen LogP contribution in [-0.4, -0.2) is 48.2 Å². The van der Waals surface area contributed by atoms with E-state index in [-0.39, 0.29) is 11.9 Å². The van der Waals surface area contributed by atoms with Crippen molar-refractivity contribution in [2.75, 3.05) is 20.3 Å². The molecular weight excluding hydrogens is 310 g/mol. The zero-order chi connectivity index (χ0) is 17.7. The minimum Gasteiger partial charge on any atom is -0.493 e. The van der Waals surface area contributed by atoms with E-state index in [1.165, 1.54) is 7.11 Å². The molecule has 0 radical (unpaired) electrons. The van der Waals surface area contributed by atoms with Gasteiger partial charge in [0.05, 0.1) is 13.0 Å². The van der Waals surface area contributed by atoms with Crippen molar-refractivity contribution in [3.63, 3.8) is 0 Å². The summed E-state index contributed by atoms with van der Waals surface area (Å²) in [5.41, 5.74) is 0.454. The number of aliphatic carboxylic acids is 1. The third-order valence-electron chi connectivity index (χ3n) is 4.33. The summed E-state index contributed by atoms with van der Waals surface area (Å²) in [4.78, 5) is 25.8. The molecule has 1 saturated heterocycles. The summed E-state index contributed by atoms with van der Waals surface area (Å²) >= 11 is 0. The Hall–Kier alpha value is -2.50. The van der Waals surface area contributed by atoms with Crippen molar-refractivity contribution in [2.24, 2.45) is 5.92 Å². The van der Waals surface area contributed by atoms with Crippen LogP contribution in [0.4, 0.5) is 0 Å². The molecule has 1 aromatic carbocycles. The Bertz CT molecular complexity index is 628. The predicted octanol–water partition coefficient (Wildman–Crippen LogP) is 2.59. The molecule has 0 spiro atoms. The van der Waals surface area contributed by atoms with E-state index in [0.717, 1.165) is 0 Å². The zero-order valence-corrected chi connectivity index (χ0v) is 14.0. The Morgan fingerprint density at radius 3 is 2.79 bits per heavy atom. The van der Waals surface area contributed by atoms with Crippen LogP contribution in [0, 0.1) is 5.92 Å². The zero-order valence-electron chi connectivity index (χ0n) is 14.0. The lowest BCUT2D eigenvalue weighted by Crippen LogP contribution is -2.49. The van der Waals surface area contributed by atoms with E-state index < -0.39 is 11.9 Å². The Balaban J connectivity index is 2.22. The molecule has 1 aromatic rings. The highest BCUT2D eigenvalue weighted by molar-refractivity contribution is 5.95. The Morgan fingerprint density at radius 2 is 2.17 bits per heavy atom. The number of nitrogens with zero attached hydrogens (tertiary/aromatic N) is 1. The van der Waals surface area contributed by atoms with Gasteiger partial charge >= 0.3 is 5.97 Å². The summed E-state index contributed by atoms with van der Waals surface area (Å²) in [6.45, 7) is 6.28. The van der Waals surface area contributed by atoms with Crippen LogP contribution in [0.2, 0.25) is 0 Å². The molecule has 0 unspecified atom stereocenters. The van der Waals surface area contributed by atoms with Crippen LogP contribution >= 0.6 is 0 Å². The number of carboxylic acids is 1. The van der Waals surface area contributed by atoms with Gasteiger partial charge in [0.1, 0.15) is 6.61 Å². The SMILES string of the molecule is C=CCOc1ccc(C(=O)N2CCC[C@H](C(=O)O)[C@@H]2C)cc1OC. The summed E-state index contributed by atoms with van der Waals surface area (Å²) in [7, 11) is 1.51. The van der Waals surface area contributed by atoms with Crippen molar-refractivity contribution in [3.8, 4) is 11.5 Å². The second-order valence-corrected chi connectivity index (χ2v) is 5.79. The number of hydrogen-bond donors (Lipinski definition) is 1. The number of benzene rings is 1. The Kier molecular flexibility index (Phi) is 5.84. The van der Waals surface area contributed by atoms with Gasteiger partial charge in [0.25, 0.3) is 5.91 Å². The fourth-order valence-electron chi connectivity index (χ4n) is 2.99. The lowest BCUT2D eigenvalue weighted by molar-refractivity contribution is -0.144. The molecular formula is C18H23NO5. The minimum atomic E-state index is -0.856. The van der Waals surface area contributed by atoms with Crippen LogP contribution in [-0.2, 0) is 4.79 Å².